The zero-order valence-electron chi connectivity index (χ0n) is 13.5. The van der Waals surface area contributed by atoms with Crippen molar-refractivity contribution in [1.82, 2.24) is 14.7 Å². The summed E-state index contributed by atoms with van der Waals surface area (Å²) in [6, 6.07) is 9.97. The van der Waals surface area contributed by atoms with Gasteiger partial charge in [0.1, 0.15) is 0 Å². The first-order valence-electron chi connectivity index (χ1n) is 7.68. The second kappa shape index (κ2) is 7.15. The van der Waals surface area contributed by atoms with Crippen LogP contribution < -0.4 is 5.73 Å². The van der Waals surface area contributed by atoms with Crippen LogP contribution in [0.3, 0.4) is 0 Å². The van der Waals surface area contributed by atoms with E-state index in [1.807, 2.05) is 47.7 Å². The van der Waals surface area contributed by atoms with Crippen LogP contribution in [-0.4, -0.2) is 39.7 Å². The maximum absolute atomic E-state index is 12.5. The molecule has 0 aliphatic carbocycles. The normalized spacial score (nSPS) is 17.2. The molecule has 1 fully saturated rings. The molecule has 2 N–H and O–H groups in total. The monoisotopic (exact) mass is 334 g/mol. The van der Waals surface area contributed by atoms with E-state index in [0.29, 0.717) is 13.1 Å². The van der Waals surface area contributed by atoms with Gasteiger partial charge in [0.2, 0.25) is 0 Å². The third kappa shape index (κ3) is 3.92. The van der Waals surface area contributed by atoms with E-state index in [2.05, 4.69) is 11.2 Å². The maximum atomic E-state index is 12.5. The first-order valence-corrected chi connectivity index (χ1v) is 7.68. The highest BCUT2D eigenvalue weighted by Crippen LogP contribution is 2.15. The minimum atomic E-state index is 0. The number of nitrogens with zero attached hydrogens (tertiary/aromatic N) is 3. The quantitative estimate of drug-likeness (QED) is 0.935. The Bertz CT molecular complexity index is 698. The van der Waals surface area contributed by atoms with Crippen molar-refractivity contribution in [1.29, 1.82) is 0 Å². The number of aromatic nitrogens is 2. The first kappa shape index (κ1) is 17.5. The van der Waals surface area contributed by atoms with Crippen molar-refractivity contribution < 1.29 is 4.79 Å². The van der Waals surface area contributed by atoms with E-state index in [-0.39, 0.29) is 24.4 Å². The Hall–Kier alpha value is -1.85. The van der Waals surface area contributed by atoms with Crippen LogP contribution in [0.15, 0.2) is 30.3 Å². The number of rotatable bonds is 3. The molecule has 1 aliphatic rings. The molecule has 0 bridgehead atoms. The molecule has 1 aromatic heterocycles. The van der Waals surface area contributed by atoms with Crippen molar-refractivity contribution in [2.24, 2.45) is 5.73 Å². The molecule has 6 heteroatoms. The summed E-state index contributed by atoms with van der Waals surface area (Å²) >= 11 is 0. The van der Waals surface area contributed by atoms with Crippen molar-refractivity contribution in [2.45, 2.75) is 32.9 Å². The number of hydrogen-bond donors (Lipinski definition) is 1. The number of nitrogens with two attached hydrogens (primary N) is 1. The number of amides is 1. The van der Waals surface area contributed by atoms with Crippen LogP contribution >= 0.6 is 12.4 Å². The summed E-state index contributed by atoms with van der Waals surface area (Å²) in [5.41, 5.74) is 9.83. The summed E-state index contributed by atoms with van der Waals surface area (Å²) in [5.74, 6) is 0.0724. The van der Waals surface area contributed by atoms with Crippen LogP contribution in [0.25, 0.3) is 0 Å². The third-order valence-corrected chi connectivity index (χ3v) is 4.12. The molecule has 124 valence electrons. The molecular formula is C17H23ClN4O. The average Bonchev–Trinajstić information content (AvgIpc) is 3.05. The summed E-state index contributed by atoms with van der Waals surface area (Å²) < 4.78 is 1.96. The van der Waals surface area contributed by atoms with Gasteiger partial charge in [0.25, 0.3) is 5.91 Å². The number of benzene rings is 1. The number of carbonyl (C=O) groups is 1. The van der Waals surface area contributed by atoms with Gasteiger partial charge in [-0.15, -0.1) is 12.4 Å². The lowest BCUT2D eigenvalue weighted by Crippen LogP contribution is -2.31. The summed E-state index contributed by atoms with van der Waals surface area (Å²) in [6.45, 7) is 6.11. The molecule has 1 atom stereocenters. The molecule has 0 unspecified atom stereocenters. The fourth-order valence-corrected chi connectivity index (χ4v) is 2.97. The highest BCUT2D eigenvalue weighted by molar-refractivity contribution is 5.94. The largest absolute Gasteiger partial charge is 0.337 e. The number of hydrogen-bond acceptors (Lipinski definition) is 3. The second-order valence-electron chi connectivity index (χ2n) is 6.09. The van der Waals surface area contributed by atoms with Gasteiger partial charge < -0.3 is 10.6 Å². The van der Waals surface area contributed by atoms with E-state index in [1.165, 1.54) is 0 Å². The van der Waals surface area contributed by atoms with E-state index in [4.69, 9.17) is 5.73 Å². The van der Waals surface area contributed by atoms with Crippen molar-refractivity contribution in [3.05, 3.63) is 52.8 Å². The average molecular weight is 335 g/mol. The molecule has 0 radical (unpaired) electrons. The van der Waals surface area contributed by atoms with Gasteiger partial charge in [-0.05, 0) is 44.0 Å². The van der Waals surface area contributed by atoms with Crippen LogP contribution in [0.5, 0.6) is 0 Å². The molecule has 5 nitrogen and oxygen atoms in total. The smallest absolute Gasteiger partial charge is 0.253 e. The lowest BCUT2D eigenvalue weighted by atomic mass is 10.1. The highest BCUT2D eigenvalue weighted by Gasteiger charge is 2.24. The minimum absolute atomic E-state index is 0. The van der Waals surface area contributed by atoms with Crippen LogP contribution in [0.4, 0.5) is 0 Å². The van der Waals surface area contributed by atoms with Crippen LogP contribution in [0.1, 0.15) is 33.7 Å². The number of aryl methyl sites for hydroxylation is 2. The van der Waals surface area contributed by atoms with Gasteiger partial charge in [0.05, 0.1) is 12.2 Å². The Balaban J connectivity index is 0.00000192. The third-order valence-electron chi connectivity index (χ3n) is 4.12. The molecule has 1 amide bonds. The van der Waals surface area contributed by atoms with E-state index in [1.54, 1.807) is 0 Å². The van der Waals surface area contributed by atoms with Gasteiger partial charge in [-0.2, -0.15) is 5.10 Å². The van der Waals surface area contributed by atoms with Gasteiger partial charge in [-0.1, -0.05) is 12.1 Å². The highest BCUT2D eigenvalue weighted by atomic mass is 35.5. The first-order chi connectivity index (χ1) is 10.5. The van der Waals surface area contributed by atoms with Crippen LogP contribution in [-0.2, 0) is 6.54 Å². The number of likely N-dealkylation sites (tertiary alicyclic amines) is 1. The summed E-state index contributed by atoms with van der Waals surface area (Å²) in [4.78, 5) is 14.4. The maximum Gasteiger partial charge on any atom is 0.253 e. The Morgan fingerprint density at radius 2 is 2.13 bits per heavy atom. The summed E-state index contributed by atoms with van der Waals surface area (Å²) in [5, 5.41) is 4.47. The van der Waals surface area contributed by atoms with Gasteiger partial charge in [0.15, 0.2) is 0 Å². The summed E-state index contributed by atoms with van der Waals surface area (Å²) in [6.07, 6.45) is 0.886. The molecule has 3 rings (SSSR count). The zero-order chi connectivity index (χ0) is 15.7. The van der Waals surface area contributed by atoms with Crippen molar-refractivity contribution in [3.8, 4) is 0 Å². The molecule has 1 saturated heterocycles. The number of carbonyl (C=O) groups excluding carboxylic acids is 1. The molecule has 0 saturated carbocycles. The molecular weight excluding hydrogens is 312 g/mol. The van der Waals surface area contributed by atoms with E-state index >= 15 is 0 Å². The number of halogens is 1. The Labute approximate surface area is 142 Å². The Kier molecular flexibility index (Phi) is 5.44. The van der Waals surface area contributed by atoms with E-state index in [0.717, 1.165) is 35.5 Å². The van der Waals surface area contributed by atoms with E-state index in [9.17, 15) is 4.79 Å². The standard InChI is InChI=1S/C17H22N4O.ClH/c1-12-8-13(2)21(19-12)10-14-4-3-5-15(9-14)17(22)20-7-6-16(18)11-20;/h3-5,8-9,16H,6-7,10-11,18H2,1-2H3;1H/t16-;/m0./s1. The van der Waals surface area contributed by atoms with Gasteiger partial charge >= 0.3 is 0 Å². The van der Waals surface area contributed by atoms with Crippen LogP contribution in [0.2, 0.25) is 0 Å². The molecule has 2 heterocycles. The van der Waals surface area contributed by atoms with Gasteiger partial charge in [-0.25, -0.2) is 0 Å². The molecule has 23 heavy (non-hydrogen) atoms. The van der Waals surface area contributed by atoms with Crippen molar-refractivity contribution in [2.75, 3.05) is 13.1 Å². The fraction of sp³-hybridized carbons (Fsp3) is 0.412. The zero-order valence-corrected chi connectivity index (χ0v) is 14.3. The lowest BCUT2D eigenvalue weighted by molar-refractivity contribution is 0.0790. The van der Waals surface area contributed by atoms with Crippen LogP contribution in [0, 0.1) is 13.8 Å². The Morgan fingerprint density at radius 1 is 1.35 bits per heavy atom. The second-order valence-corrected chi connectivity index (χ2v) is 6.09. The SMILES string of the molecule is Cc1cc(C)n(Cc2cccc(C(=O)N3CC[C@H](N)C3)c2)n1.Cl. The molecule has 2 aromatic rings. The lowest BCUT2D eigenvalue weighted by Gasteiger charge is -2.16. The predicted octanol–water partition coefficient (Wildman–Crippen LogP) is 2.14. The predicted molar refractivity (Wildman–Crippen MR) is 93.0 cm³/mol. The molecule has 1 aliphatic heterocycles. The Morgan fingerprint density at radius 3 is 2.74 bits per heavy atom. The van der Waals surface area contributed by atoms with E-state index < -0.39 is 0 Å². The van der Waals surface area contributed by atoms with Crippen molar-refractivity contribution in [3.63, 3.8) is 0 Å². The molecule has 1 aromatic carbocycles. The van der Waals surface area contributed by atoms with Crippen molar-refractivity contribution >= 4 is 18.3 Å². The fourth-order valence-electron chi connectivity index (χ4n) is 2.97. The van der Waals surface area contributed by atoms with Gasteiger partial charge in [-0.3, -0.25) is 9.48 Å². The summed E-state index contributed by atoms with van der Waals surface area (Å²) in [7, 11) is 0. The molecule has 0 spiro atoms. The van der Waals surface area contributed by atoms with Gasteiger partial charge in [0, 0.05) is 30.4 Å². The minimum Gasteiger partial charge on any atom is -0.337 e. The topological polar surface area (TPSA) is 64.2 Å².